The predicted molar refractivity (Wildman–Crippen MR) is 64.2 cm³/mol. The molecule has 0 bridgehead atoms. The molecule has 2 heterocycles. The first-order chi connectivity index (χ1) is 8.13. The molecule has 1 atom stereocenters. The third-order valence-corrected chi connectivity index (χ3v) is 3.23. The van der Waals surface area contributed by atoms with Crippen molar-refractivity contribution in [2.24, 2.45) is 0 Å². The molecule has 86 valence electrons. The highest BCUT2D eigenvalue weighted by molar-refractivity contribution is 7.07. The third-order valence-electron chi connectivity index (χ3n) is 2.53. The van der Waals surface area contributed by atoms with Crippen LogP contribution in [0, 0.1) is 11.3 Å². The second kappa shape index (κ2) is 4.39. The molecular weight excluding hydrogens is 238 g/mol. The molecule has 2 aromatic heterocycles. The summed E-state index contributed by atoms with van der Waals surface area (Å²) in [6.07, 6.45) is 1.30. The zero-order valence-electron chi connectivity index (χ0n) is 9.01. The van der Waals surface area contributed by atoms with Gasteiger partial charge in [0.15, 0.2) is 0 Å². The molecule has 2 aromatic rings. The van der Waals surface area contributed by atoms with E-state index in [1.807, 2.05) is 23.8 Å². The molecule has 0 aliphatic carbocycles. The van der Waals surface area contributed by atoms with E-state index >= 15 is 0 Å². The number of rotatable bonds is 2. The number of hydrogen-bond donors (Lipinski definition) is 1. The van der Waals surface area contributed by atoms with E-state index < -0.39 is 11.2 Å². The monoisotopic (exact) mass is 247 g/mol. The maximum Gasteiger partial charge on any atom is 0.328 e. The summed E-state index contributed by atoms with van der Waals surface area (Å²) in [6.45, 7) is 1.84. The second-order valence-corrected chi connectivity index (χ2v) is 4.33. The van der Waals surface area contributed by atoms with E-state index in [1.165, 1.54) is 22.1 Å². The van der Waals surface area contributed by atoms with E-state index in [0.29, 0.717) is 0 Å². The van der Waals surface area contributed by atoms with Gasteiger partial charge in [-0.3, -0.25) is 14.3 Å². The lowest BCUT2D eigenvalue weighted by atomic mass is 10.2. The Labute approximate surface area is 101 Å². The number of aromatic amines is 1. The minimum Gasteiger partial charge on any atom is -0.292 e. The first-order valence-corrected chi connectivity index (χ1v) is 5.85. The number of H-pyrrole nitrogens is 1. The molecule has 17 heavy (non-hydrogen) atoms. The molecule has 5 nitrogen and oxygen atoms in total. The molecule has 0 radical (unpaired) electrons. The van der Waals surface area contributed by atoms with Crippen LogP contribution in [-0.2, 0) is 0 Å². The van der Waals surface area contributed by atoms with Gasteiger partial charge in [-0.2, -0.15) is 16.6 Å². The van der Waals surface area contributed by atoms with Crippen LogP contribution in [-0.4, -0.2) is 9.55 Å². The van der Waals surface area contributed by atoms with E-state index in [2.05, 4.69) is 4.98 Å². The van der Waals surface area contributed by atoms with Gasteiger partial charge in [-0.25, -0.2) is 4.79 Å². The molecule has 1 unspecified atom stereocenters. The molecule has 6 heteroatoms. The Bertz CT molecular complexity index is 676. The van der Waals surface area contributed by atoms with Crippen LogP contribution in [0.2, 0.25) is 0 Å². The van der Waals surface area contributed by atoms with Crippen LogP contribution in [0.5, 0.6) is 0 Å². The summed E-state index contributed by atoms with van der Waals surface area (Å²) in [5, 5.41) is 12.6. The van der Waals surface area contributed by atoms with Crippen molar-refractivity contribution in [3.8, 4) is 6.07 Å². The van der Waals surface area contributed by atoms with Gasteiger partial charge in [0.2, 0.25) is 0 Å². The van der Waals surface area contributed by atoms with Crippen LogP contribution in [0.1, 0.15) is 24.1 Å². The topological polar surface area (TPSA) is 78.7 Å². The first-order valence-electron chi connectivity index (χ1n) is 4.91. The van der Waals surface area contributed by atoms with Crippen molar-refractivity contribution < 1.29 is 0 Å². The maximum atomic E-state index is 11.6. The van der Waals surface area contributed by atoms with Crippen molar-refractivity contribution in [1.29, 1.82) is 5.26 Å². The highest BCUT2D eigenvalue weighted by atomic mass is 32.1. The summed E-state index contributed by atoms with van der Waals surface area (Å²) in [7, 11) is 0. The fourth-order valence-electron chi connectivity index (χ4n) is 1.53. The largest absolute Gasteiger partial charge is 0.328 e. The number of nitrogens with zero attached hydrogens (tertiary/aromatic N) is 2. The number of nitrogens with one attached hydrogen (secondary N) is 1. The van der Waals surface area contributed by atoms with Gasteiger partial charge in [0.1, 0.15) is 11.6 Å². The van der Waals surface area contributed by atoms with E-state index in [0.717, 1.165) is 5.56 Å². The lowest BCUT2D eigenvalue weighted by molar-refractivity contribution is 0.595. The van der Waals surface area contributed by atoms with E-state index in [1.54, 1.807) is 6.07 Å². The van der Waals surface area contributed by atoms with Crippen molar-refractivity contribution >= 4 is 11.3 Å². The summed E-state index contributed by atoms with van der Waals surface area (Å²) in [4.78, 5) is 25.0. The smallest absolute Gasteiger partial charge is 0.292 e. The van der Waals surface area contributed by atoms with Crippen molar-refractivity contribution in [2.75, 3.05) is 0 Å². The fraction of sp³-hybridized carbons (Fsp3) is 0.182. The molecule has 0 aliphatic rings. The van der Waals surface area contributed by atoms with Gasteiger partial charge in [-0.15, -0.1) is 0 Å². The summed E-state index contributed by atoms with van der Waals surface area (Å²) in [6, 6.07) is 3.45. The summed E-state index contributed by atoms with van der Waals surface area (Å²) >= 11 is 1.53. The molecule has 0 spiro atoms. The molecule has 2 rings (SSSR count). The Morgan fingerprint density at radius 1 is 1.53 bits per heavy atom. The zero-order chi connectivity index (χ0) is 12.4. The molecule has 0 aromatic carbocycles. The highest BCUT2D eigenvalue weighted by Crippen LogP contribution is 2.18. The molecule has 0 fully saturated rings. The normalized spacial score (nSPS) is 12.0. The third kappa shape index (κ3) is 2.05. The quantitative estimate of drug-likeness (QED) is 0.862. The van der Waals surface area contributed by atoms with Crippen molar-refractivity contribution in [1.82, 2.24) is 9.55 Å². The zero-order valence-corrected chi connectivity index (χ0v) is 9.82. The van der Waals surface area contributed by atoms with Crippen molar-refractivity contribution in [3.63, 3.8) is 0 Å². The molecule has 0 amide bonds. The Morgan fingerprint density at radius 3 is 2.88 bits per heavy atom. The van der Waals surface area contributed by atoms with Crippen LogP contribution in [0.25, 0.3) is 0 Å². The fourth-order valence-corrected chi connectivity index (χ4v) is 2.27. The second-order valence-electron chi connectivity index (χ2n) is 3.55. The standard InChI is InChI=1S/C11H9N3O2S/c1-7(8-2-3-17-6-8)14-5-9(4-12)10(15)13-11(14)16/h2-3,5-7H,1H3,(H,13,15,16). The maximum absolute atomic E-state index is 11.6. The van der Waals surface area contributed by atoms with E-state index in [9.17, 15) is 9.59 Å². The van der Waals surface area contributed by atoms with Gasteiger partial charge < -0.3 is 0 Å². The van der Waals surface area contributed by atoms with E-state index in [4.69, 9.17) is 5.26 Å². The SMILES string of the molecule is CC(c1ccsc1)n1cc(C#N)c(=O)[nH]c1=O. The average Bonchev–Trinajstić information content (AvgIpc) is 2.82. The predicted octanol–water partition coefficient (Wildman–Crippen LogP) is 1.08. The number of thiophene rings is 1. The van der Waals surface area contributed by atoms with Gasteiger partial charge in [0.25, 0.3) is 5.56 Å². The molecule has 1 N–H and O–H groups in total. The number of nitriles is 1. The van der Waals surface area contributed by atoms with Gasteiger partial charge >= 0.3 is 5.69 Å². The number of aromatic nitrogens is 2. The Morgan fingerprint density at radius 2 is 2.29 bits per heavy atom. The van der Waals surface area contributed by atoms with Crippen LogP contribution >= 0.6 is 11.3 Å². The lowest BCUT2D eigenvalue weighted by Crippen LogP contribution is -2.32. The van der Waals surface area contributed by atoms with Crippen LogP contribution in [0.15, 0.2) is 32.6 Å². The summed E-state index contributed by atoms with van der Waals surface area (Å²) in [5.41, 5.74) is -0.251. The minimum absolute atomic E-state index is 0.0633. The Hall–Kier alpha value is -2.13. The molecule has 0 saturated heterocycles. The highest BCUT2D eigenvalue weighted by Gasteiger charge is 2.12. The minimum atomic E-state index is -0.647. The van der Waals surface area contributed by atoms with Crippen molar-refractivity contribution in [2.45, 2.75) is 13.0 Å². The Balaban J connectivity index is 2.57. The van der Waals surface area contributed by atoms with Gasteiger partial charge in [-0.1, -0.05) is 0 Å². The van der Waals surface area contributed by atoms with Crippen molar-refractivity contribution in [3.05, 3.63) is 55.0 Å². The van der Waals surface area contributed by atoms with Crippen LogP contribution in [0.3, 0.4) is 0 Å². The lowest BCUT2D eigenvalue weighted by Gasteiger charge is -2.13. The molecule has 0 saturated carbocycles. The van der Waals surface area contributed by atoms with Gasteiger partial charge in [0, 0.05) is 6.20 Å². The van der Waals surface area contributed by atoms with E-state index in [-0.39, 0.29) is 11.6 Å². The summed E-state index contributed by atoms with van der Waals surface area (Å²) < 4.78 is 1.35. The average molecular weight is 247 g/mol. The number of hydrogen-bond acceptors (Lipinski definition) is 4. The molecular formula is C11H9N3O2S. The first kappa shape index (κ1) is 11.4. The summed E-state index contributed by atoms with van der Waals surface area (Å²) in [5.74, 6) is 0. The van der Waals surface area contributed by atoms with Crippen LogP contribution < -0.4 is 11.2 Å². The molecule has 0 aliphatic heterocycles. The van der Waals surface area contributed by atoms with Gasteiger partial charge in [0.05, 0.1) is 6.04 Å². The Kier molecular flexibility index (Phi) is 2.93. The van der Waals surface area contributed by atoms with Crippen LogP contribution in [0.4, 0.5) is 0 Å². The van der Waals surface area contributed by atoms with Gasteiger partial charge in [-0.05, 0) is 29.3 Å².